The van der Waals surface area contributed by atoms with E-state index in [2.05, 4.69) is 25.7 Å². The van der Waals surface area contributed by atoms with Crippen molar-refractivity contribution in [2.45, 2.75) is 0 Å². The molecule has 0 saturated carbocycles. The Labute approximate surface area is 184 Å². The van der Waals surface area contributed by atoms with Gasteiger partial charge in [-0.05, 0) is 42.5 Å². The predicted molar refractivity (Wildman–Crippen MR) is 122 cm³/mol. The zero-order chi connectivity index (χ0) is 22.2. The van der Waals surface area contributed by atoms with Crippen LogP contribution in [0.15, 0.2) is 91.7 Å². The molecular weight excluding hydrogens is 404 g/mol. The standard InChI is InChI=1S/C24H20N6O2/c31-22(27-16-23(32)28-20-7-5-13-26-15-20)11-10-19-17-30(21-8-2-1-3-9-21)29-24(19)18-6-4-12-25-14-18/h1-15,17H,16H2,(H,27,31)(H,28,32)/b11-10+. The number of nitrogens with one attached hydrogen (secondary N) is 2. The summed E-state index contributed by atoms with van der Waals surface area (Å²) >= 11 is 0. The van der Waals surface area contributed by atoms with E-state index in [9.17, 15) is 9.59 Å². The Morgan fingerprint density at radius 1 is 0.938 bits per heavy atom. The summed E-state index contributed by atoms with van der Waals surface area (Å²) in [7, 11) is 0. The number of amides is 2. The predicted octanol–water partition coefficient (Wildman–Crippen LogP) is 3.10. The minimum Gasteiger partial charge on any atom is -0.343 e. The number of anilines is 1. The molecular formula is C24H20N6O2. The van der Waals surface area contributed by atoms with Crippen molar-refractivity contribution in [3.8, 4) is 16.9 Å². The molecule has 3 heterocycles. The summed E-state index contributed by atoms with van der Waals surface area (Å²) in [6.07, 6.45) is 11.4. The molecule has 0 aliphatic carbocycles. The topological polar surface area (TPSA) is 102 Å². The number of para-hydroxylation sites is 1. The van der Waals surface area contributed by atoms with Crippen molar-refractivity contribution < 1.29 is 9.59 Å². The van der Waals surface area contributed by atoms with Crippen LogP contribution >= 0.6 is 0 Å². The maximum Gasteiger partial charge on any atom is 0.244 e. The highest BCUT2D eigenvalue weighted by Gasteiger charge is 2.11. The van der Waals surface area contributed by atoms with Crippen LogP contribution < -0.4 is 10.6 Å². The van der Waals surface area contributed by atoms with Crippen LogP contribution in [0.5, 0.6) is 0 Å². The Hall–Kier alpha value is -4.59. The van der Waals surface area contributed by atoms with Gasteiger partial charge in [0.2, 0.25) is 11.8 Å². The monoisotopic (exact) mass is 424 g/mol. The fourth-order valence-electron chi connectivity index (χ4n) is 2.98. The molecule has 0 spiro atoms. The van der Waals surface area contributed by atoms with E-state index in [1.807, 2.05) is 48.7 Å². The minimum atomic E-state index is -0.393. The first-order valence-electron chi connectivity index (χ1n) is 9.90. The minimum absolute atomic E-state index is 0.156. The molecule has 0 unspecified atom stereocenters. The lowest BCUT2D eigenvalue weighted by molar-refractivity contribution is -0.121. The molecule has 0 saturated heterocycles. The summed E-state index contributed by atoms with van der Waals surface area (Å²) in [6, 6.07) is 16.9. The van der Waals surface area contributed by atoms with Gasteiger partial charge in [0, 0.05) is 42.0 Å². The maximum absolute atomic E-state index is 12.3. The second-order valence-electron chi connectivity index (χ2n) is 6.80. The zero-order valence-electron chi connectivity index (χ0n) is 17.1. The van der Waals surface area contributed by atoms with Crippen LogP contribution in [0, 0.1) is 0 Å². The Morgan fingerprint density at radius 2 is 1.72 bits per heavy atom. The molecule has 4 rings (SSSR count). The molecule has 1 aromatic carbocycles. The van der Waals surface area contributed by atoms with E-state index in [0.29, 0.717) is 11.4 Å². The molecule has 8 nitrogen and oxygen atoms in total. The largest absolute Gasteiger partial charge is 0.343 e. The number of pyridine rings is 2. The second kappa shape index (κ2) is 9.94. The van der Waals surface area contributed by atoms with Crippen LogP contribution in [0.2, 0.25) is 0 Å². The Kier molecular flexibility index (Phi) is 6.42. The molecule has 8 heteroatoms. The highest BCUT2D eigenvalue weighted by atomic mass is 16.2. The van der Waals surface area contributed by atoms with E-state index in [1.54, 1.807) is 41.5 Å². The number of hydrogen-bond donors (Lipinski definition) is 2. The zero-order valence-corrected chi connectivity index (χ0v) is 17.1. The molecule has 0 aliphatic heterocycles. The molecule has 0 fully saturated rings. The van der Waals surface area contributed by atoms with Gasteiger partial charge in [-0.3, -0.25) is 19.6 Å². The highest BCUT2D eigenvalue weighted by molar-refractivity contribution is 5.98. The van der Waals surface area contributed by atoms with E-state index in [4.69, 9.17) is 0 Å². The molecule has 4 aromatic rings. The smallest absolute Gasteiger partial charge is 0.244 e. The number of rotatable bonds is 7. The summed E-state index contributed by atoms with van der Waals surface area (Å²) in [6.45, 7) is -0.156. The van der Waals surface area contributed by atoms with Gasteiger partial charge in [-0.25, -0.2) is 4.68 Å². The summed E-state index contributed by atoms with van der Waals surface area (Å²) in [5.41, 5.74) is 3.74. The van der Waals surface area contributed by atoms with Gasteiger partial charge >= 0.3 is 0 Å². The number of benzene rings is 1. The van der Waals surface area contributed by atoms with E-state index in [0.717, 1.165) is 16.8 Å². The molecule has 2 N–H and O–H groups in total. The van der Waals surface area contributed by atoms with Crippen LogP contribution in [-0.2, 0) is 9.59 Å². The first kappa shape index (κ1) is 20.7. The number of carbonyl (C=O) groups is 2. The average molecular weight is 424 g/mol. The average Bonchev–Trinajstić information content (AvgIpc) is 3.27. The molecule has 32 heavy (non-hydrogen) atoms. The van der Waals surface area contributed by atoms with E-state index in [-0.39, 0.29) is 12.5 Å². The summed E-state index contributed by atoms with van der Waals surface area (Å²) in [4.78, 5) is 32.3. The van der Waals surface area contributed by atoms with Crippen molar-refractivity contribution in [3.05, 3.63) is 97.2 Å². The third-order valence-electron chi connectivity index (χ3n) is 4.48. The summed E-state index contributed by atoms with van der Waals surface area (Å²) in [5.74, 6) is -0.733. The molecule has 0 aliphatic rings. The van der Waals surface area contributed by atoms with Gasteiger partial charge in [0.05, 0.1) is 24.1 Å². The molecule has 0 bridgehead atoms. The first-order valence-corrected chi connectivity index (χ1v) is 9.90. The fourth-order valence-corrected chi connectivity index (χ4v) is 2.98. The van der Waals surface area contributed by atoms with Crippen LogP contribution in [0.3, 0.4) is 0 Å². The molecule has 2 amide bonds. The van der Waals surface area contributed by atoms with E-state index < -0.39 is 5.91 Å². The summed E-state index contributed by atoms with van der Waals surface area (Å²) < 4.78 is 1.75. The van der Waals surface area contributed by atoms with Crippen molar-refractivity contribution in [2.24, 2.45) is 0 Å². The third-order valence-corrected chi connectivity index (χ3v) is 4.48. The van der Waals surface area contributed by atoms with E-state index in [1.165, 1.54) is 12.3 Å². The van der Waals surface area contributed by atoms with Crippen molar-refractivity contribution in [1.82, 2.24) is 25.1 Å². The number of aromatic nitrogens is 4. The van der Waals surface area contributed by atoms with E-state index >= 15 is 0 Å². The van der Waals surface area contributed by atoms with Crippen LogP contribution in [0.25, 0.3) is 23.0 Å². The Morgan fingerprint density at radius 3 is 2.44 bits per heavy atom. The number of hydrogen-bond acceptors (Lipinski definition) is 5. The number of nitrogens with zero attached hydrogens (tertiary/aromatic N) is 4. The maximum atomic E-state index is 12.3. The lowest BCUT2D eigenvalue weighted by Gasteiger charge is -2.04. The second-order valence-corrected chi connectivity index (χ2v) is 6.80. The van der Waals surface area contributed by atoms with Crippen LogP contribution in [0.1, 0.15) is 5.56 Å². The Balaban J connectivity index is 1.47. The van der Waals surface area contributed by atoms with Crippen molar-refractivity contribution in [2.75, 3.05) is 11.9 Å². The van der Waals surface area contributed by atoms with Gasteiger partial charge in [-0.1, -0.05) is 18.2 Å². The van der Waals surface area contributed by atoms with Crippen molar-refractivity contribution in [3.63, 3.8) is 0 Å². The van der Waals surface area contributed by atoms with Gasteiger partial charge in [0.25, 0.3) is 0 Å². The third kappa shape index (κ3) is 5.31. The SMILES string of the molecule is O=C(/C=C/c1cn(-c2ccccc2)nc1-c1cccnc1)NCC(=O)Nc1cccnc1. The van der Waals surface area contributed by atoms with Gasteiger partial charge in [0.15, 0.2) is 0 Å². The highest BCUT2D eigenvalue weighted by Crippen LogP contribution is 2.24. The van der Waals surface area contributed by atoms with Crippen molar-refractivity contribution in [1.29, 1.82) is 0 Å². The lowest BCUT2D eigenvalue weighted by Crippen LogP contribution is -2.31. The molecule has 0 atom stereocenters. The van der Waals surface area contributed by atoms with Gasteiger partial charge in [-0.15, -0.1) is 0 Å². The number of carbonyl (C=O) groups excluding carboxylic acids is 2. The van der Waals surface area contributed by atoms with Gasteiger partial charge in [-0.2, -0.15) is 5.10 Å². The van der Waals surface area contributed by atoms with Gasteiger partial charge < -0.3 is 10.6 Å². The van der Waals surface area contributed by atoms with Gasteiger partial charge in [0.1, 0.15) is 5.69 Å². The molecule has 0 radical (unpaired) electrons. The quantitative estimate of drug-likeness (QED) is 0.444. The normalized spacial score (nSPS) is 10.8. The summed E-state index contributed by atoms with van der Waals surface area (Å²) in [5, 5.41) is 9.91. The van der Waals surface area contributed by atoms with Crippen LogP contribution in [-0.4, -0.2) is 38.1 Å². The van der Waals surface area contributed by atoms with Crippen LogP contribution in [0.4, 0.5) is 5.69 Å². The molecule has 158 valence electrons. The fraction of sp³-hybridized carbons (Fsp3) is 0.0417. The lowest BCUT2D eigenvalue weighted by atomic mass is 10.1. The van der Waals surface area contributed by atoms with Crippen molar-refractivity contribution >= 4 is 23.6 Å². The molecule has 3 aromatic heterocycles. The first-order chi connectivity index (χ1) is 15.7. The Bertz CT molecular complexity index is 1220.